The molecule has 4 aromatic rings. The number of carbonyl (C=O) groups excluding carboxylic acids is 1. The number of rotatable bonds is 3. The summed E-state index contributed by atoms with van der Waals surface area (Å²) >= 11 is 2.89. The van der Waals surface area contributed by atoms with Crippen LogP contribution >= 0.6 is 22.7 Å². The number of aromatic nitrogens is 2. The van der Waals surface area contributed by atoms with E-state index in [9.17, 15) is 9.18 Å². The van der Waals surface area contributed by atoms with Gasteiger partial charge in [0, 0.05) is 16.0 Å². The summed E-state index contributed by atoms with van der Waals surface area (Å²) in [4.78, 5) is 22.1. The molecule has 7 heteroatoms. The van der Waals surface area contributed by atoms with E-state index in [4.69, 9.17) is 0 Å². The third-order valence-electron chi connectivity index (χ3n) is 3.73. The standard InChI is InChI=1S/C18H12FN3OS2/c1-10-16(11-2-5-13(19)6-3-11)21-18(25-10)22-17(23)12-4-7-14-15(8-12)24-9-20-14/h2-9H,1H3,(H,21,22,23). The topological polar surface area (TPSA) is 54.9 Å². The molecule has 0 atom stereocenters. The average molecular weight is 369 g/mol. The first kappa shape index (κ1) is 15.9. The molecule has 0 aliphatic rings. The Balaban J connectivity index is 1.59. The highest BCUT2D eigenvalue weighted by Crippen LogP contribution is 2.31. The Morgan fingerprint density at radius 1 is 1.16 bits per heavy atom. The van der Waals surface area contributed by atoms with Crippen molar-refractivity contribution in [2.75, 3.05) is 5.32 Å². The van der Waals surface area contributed by atoms with Crippen molar-refractivity contribution in [3.05, 3.63) is 64.2 Å². The molecule has 1 amide bonds. The number of nitrogens with one attached hydrogen (secondary N) is 1. The molecule has 0 aliphatic carbocycles. The molecular weight excluding hydrogens is 357 g/mol. The van der Waals surface area contributed by atoms with Crippen molar-refractivity contribution in [2.45, 2.75) is 6.92 Å². The average Bonchev–Trinajstić information content (AvgIpc) is 3.21. The number of aryl methyl sites for hydroxylation is 1. The van der Waals surface area contributed by atoms with Gasteiger partial charge in [0.25, 0.3) is 5.91 Å². The maximum Gasteiger partial charge on any atom is 0.257 e. The highest BCUT2D eigenvalue weighted by atomic mass is 32.1. The van der Waals surface area contributed by atoms with Crippen molar-refractivity contribution in [2.24, 2.45) is 0 Å². The van der Waals surface area contributed by atoms with Crippen LogP contribution in [0.1, 0.15) is 15.2 Å². The number of hydrogen-bond donors (Lipinski definition) is 1. The van der Waals surface area contributed by atoms with Gasteiger partial charge in [-0.3, -0.25) is 10.1 Å². The Kier molecular flexibility index (Phi) is 4.03. The van der Waals surface area contributed by atoms with Gasteiger partial charge in [0.2, 0.25) is 0 Å². The Bertz CT molecular complexity index is 1070. The first-order chi connectivity index (χ1) is 12.1. The predicted molar refractivity (Wildman–Crippen MR) is 99.8 cm³/mol. The van der Waals surface area contributed by atoms with Gasteiger partial charge >= 0.3 is 0 Å². The van der Waals surface area contributed by atoms with Crippen LogP contribution in [0.5, 0.6) is 0 Å². The fourth-order valence-electron chi connectivity index (χ4n) is 2.49. The van der Waals surface area contributed by atoms with Crippen LogP contribution in [0, 0.1) is 12.7 Å². The molecule has 4 rings (SSSR count). The van der Waals surface area contributed by atoms with Gasteiger partial charge in [0.1, 0.15) is 5.82 Å². The molecule has 2 aromatic heterocycles. The van der Waals surface area contributed by atoms with E-state index in [0.717, 1.165) is 26.4 Å². The number of benzene rings is 2. The summed E-state index contributed by atoms with van der Waals surface area (Å²) in [5.74, 6) is -0.502. The molecule has 0 saturated carbocycles. The number of nitrogens with zero attached hydrogens (tertiary/aromatic N) is 2. The fourth-order valence-corrected chi connectivity index (χ4v) is 4.04. The van der Waals surface area contributed by atoms with E-state index in [-0.39, 0.29) is 11.7 Å². The van der Waals surface area contributed by atoms with E-state index in [1.165, 1.54) is 34.8 Å². The zero-order chi connectivity index (χ0) is 17.4. The largest absolute Gasteiger partial charge is 0.298 e. The normalized spacial score (nSPS) is 11.0. The van der Waals surface area contributed by atoms with Crippen molar-refractivity contribution < 1.29 is 9.18 Å². The Hall–Kier alpha value is -2.64. The summed E-state index contributed by atoms with van der Waals surface area (Å²) in [5, 5.41) is 3.36. The molecule has 0 spiro atoms. The summed E-state index contributed by atoms with van der Waals surface area (Å²) in [7, 11) is 0. The summed E-state index contributed by atoms with van der Waals surface area (Å²) in [6, 6.07) is 11.6. The van der Waals surface area contributed by atoms with Crippen molar-refractivity contribution in [3.8, 4) is 11.3 Å². The molecule has 0 radical (unpaired) electrons. The van der Waals surface area contributed by atoms with E-state index in [1.54, 1.807) is 23.7 Å². The molecule has 1 N–H and O–H groups in total. The molecule has 2 aromatic carbocycles. The first-order valence-corrected chi connectivity index (χ1v) is 9.18. The molecule has 0 saturated heterocycles. The highest BCUT2D eigenvalue weighted by Gasteiger charge is 2.14. The predicted octanol–water partition coefficient (Wildman–Crippen LogP) is 5.12. The second-order valence-corrected chi connectivity index (χ2v) is 7.51. The number of halogens is 1. The van der Waals surface area contributed by atoms with Gasteiger partial charge in [-0.1, -0.05) is 0 Å². The molecule has 4 nitrogen and oxygen atoms in total. The smallest absolute Gasteiger partial charge is 0.257 e. The molecule has 0 aliphatic heterocycles. The lowest BCUT2D eigenvalue weighted by Gasteiger charge is -2.01. The van der Waals surface area contributed by atoms with E-state index in [2.05, 4.69) is 15.3 Å². The second kappa shape index (κ2) is 6.34. The quantitative estimate of drug-likeness (QED) is 0.545. The van der Waals surface area contributed by atoms with Crippen LogP contribution in [0.15, 0.2) is 48.0 Å². The molecular formula is C18H12FN3OS2. The second-order valence-electron chi connectivity index (χ2n) is 5.42. The van der Waals surface area contributed by atoms with Gasteiger partial charge in [0.05, 0.1) is 21.4 Å². The zero-order valence-corrected chi connectivity index (χ0v) is 14.7. The number of carbonyl (C=O) groups is 1. The van der Waals surface area contributed by atoms with Gasteiger partial charge in [0.15, 0.2) is 5.13 Å². The van der Waals surface area contributed by atoms with Crippen molar-refractivity contribution in [1.82, 2.24) is 9.97 Å². The SMILES string of the molecule is Cc1sc(NC(=O)c2ccc3ncsc3c2)nc1-c1ccc(F)cc1. The zero-order valence-electron chi connectivity index (χ0n) is 13.1. The molecule has 2 heterocycles. The fraction of sp³-hybridized carbons (Fsp3) is 0.0556. The van der Waals surface area contributed by atoms with Gasteiger partial charge in [-0.25, -0.2) is 14.4 Å². The van der Waals surface area contributed by atoms with Crippen molar-refractivity contribution in [1.29, 1.82) is 0 Å². The maximum absolute atomic E-state index is 13.1. The van der Waals surface area contributed by atoms with Crippen LogP contribution in [0.25, 0.3) is 21.5 Å². The summed E-state index contributed by atoms with van der Waals surface area (Å²) in [5.41, 5.74) is 4.77. The number of anilines is 1. The molecule has 25 heavy (non-hydrogen) atoms. The monoisotopic (exact) mass is 369 g/mol. The van der Waals surface area contributed by atoms with Crippen LogP contribution in [0.3, 0.4) is 0 Å². The van der Waals surface area contributed by atoms with Gasteiger partial charge < -0.3 is 0 Å². The summed E-state index contributed by atoms with van der Waals surface area (Å²) < 4.78 is 14.0. The number of hydrogen-bond acceptors (Lipinski definition) is 5. The lowest BCUT2D eigenvalue weighted by atomic mass is 10.1. The molecule has 0 bridgehead atoms. The van der Waals surface area contributed by atoms with Crippen LogP contribution in [-0.2, 0) is 0 Å². The van der Waals surface area contributed by atoms with Gasteiger partial charge in [-0.05, 0) is 49.4 Å². The Labute approximate surface area is 151 Å². The minimum absolute atomic E-state index is 0.213. The third-order valence-corrected chi connectivity index (χ3v) is 5.41. The minimum atomic E-state index is -0.288. The Morgan fingerprint density at radius 3 is 2.76 bits per heavy atom. The molecule has 124 valence electrons. The summed E-state index contributed by atoms with van der Waals surface area (Å²) in [6.45, 7) is 1.93. The number of fused-ring (bicyclic) bond motifs is 1. The van der Waals surface area contributed by atoms with Crippen LogP contribution in [0.4, 0.5) is 9.52 Å². The molecule has 0 fully saturated rings. The van der Waals surface area contributed by atoms with Crippen LogP contribution < -0.4 is 5.32 Å². The van der Waals surface area contributed by atoms with E-state index < -0.39 is 0 Å². The van der Waals surface area contributed by atoms with E-state index in [0.29, 0.717) is 10.7 Å². The molecule has 0 unspecified atom stereocenters. The van der Waals surface area contributed by atoms with Gasteiger partial charge in [-0.2, -0.15) is 0 Å². The minimum Gasteiger partial charge on any atom is -0.298 e. The van der Waals surface area contributed by atoms with Crippen molar-refractivity contribution >= 4 is 43.9 Å². The summed E-state index contributed by atoms with van der Waals surface area (Å²) in [6.07, 6.45) is 0. The third kappa shape index (κ3) is 3.16. The van der Waals surface area contributed by atoms with E-state index >= 15 is 0 Å². The lowest BCUT2D eigenvalue weighted by Crippen LogP contribution is -2.11. The van der Waals surface area contributed by atoms with Crippen molar-refractivity contribution in [3.63, 3.8) is 0 Å². The first-order valence-electron chi connectivity index (χ1n) is 7.48. The number of thiazole rings is 2. The van der Waals surface area contributed by atoms with Crippen LogP contribution in [-0.4, -0.2) is 15.9 Å². The number of amides is 1. The maximum atomic E-state index is 13.1. The van der Waals surface area contributed by atoms with Crippen LogP contribution in [0.2, 0.25) is 0 Å². The lowest BCUT2D eigenvalue weighted by molar-refractivity contribution is 0.102. The van der Waals surface area contributed by atoms with Gasteiger partial charge in [-0.15, -0.1) is 22.7 Å². The van der Waals surface area contributed by atoms with E-state index in [1.807, 2.05) is 19.1 Å². The Morgan fingerprint density at radius 2 is 1.96 bits per heavy atom. The highest BCUT2D eigenvalue weighted by molar-refractivity contribution is 7.16.